The molecule has 1 heterocycles. The molecule has 18 heavy (non-hydrogen) atoms. The third-order valence-corrected chi connectivity index (χ3v) is 3.89. The summed E-state index contributed by atoms with van der Waals surface area (Å²) >= 11 is 0. The molecule has 2 aliphatic rings. The zero-order chi connectivity index (χ0) is 13.1. The first kappa shape index (κ1) is 13.3. The van der Waals surface area contributed by atoms with Gasteiger partial charge in [-0.25, -0.2) is 4.79 Å². The van der Waals surface area contributed by atoms with Crippen LogP contribution in [0, 0.1) is 5.92 Å². The van der Waals surface area contributed by atoms with E-state index in [0.29, 0.717) is 0 Å². The Kier molecular flexibility index (Phi) is 4.22. The Morgan fingerprint density at radius 1 is 1.17 bits per heavy atom. The number of imide groups is 1. The Bertz CT molecular complexity index is 320. The number of likely N-dealkylation sites (tertiary alicyclic amines) is 1. The van der Waals surface area contributed by atoms with Crippen molar-refractivity contribution in [3.8, 4) is 0 Å². The topological polar surface area (TPSA) is 61.4 Å². The van der Waals surface area contributed by atoms with E-state index in [0.717, 1.165) is 44.7 Å². The van der Waals surface area contributed by atoms with Crippen molar-refractivity contribution < 1.29 is 9.59 Å². The van der Waals surface area contributed by atoms with E-state index in [1.54, 1.807) is 0 Å². The molecule has 3 amide bonds. The van der Waals surface area contributed by atoms with Gasteiger partial charge in [-0.1, -0.05) is 6.92 Å². The summed E-state index contributed by atoms with van der Waals surface area (Å²) in [7, 11) is 0. The van der Waals surface area contributed by atoms with Crippen LogP contribution in [0.15, 0.2) is 0 Å². The van der Waals surface area contributed by atoms with Crippen molar-refractivity contribution in [3.05, 3.63) is 0 Å². The Hall–Kier alpha value is -1.10. The van der Waals surface area contributed by atoms with Crippen LogP contribution in [0.25, 0.3) is 0 Å². The molecule has 1 unspecified atom stereocenters. The summed E-state index contributed by atoms with van der Waals surface area (Å²) in [5.41, 5.74) is 0. The van der Waals surface area contributed by atoms with Gasteiger partial charge in [0.05, 0.1) is 6.04 Å². The molecule has 5 heteroatoms. The molecular formula is C13H23N3O2. The lowest BCUT2D eigenvalue weighted by atomic mass is 9.98. The van der Waals surface area contributed by atoms with Gasteiger partial charge in [-0.15, -0.1) is 0 Å². The fraction of sp³-hybridized carbons (Fsp3) is 0.846. The van der Waals surface area contributed by atoms with Crippen molar-refractivity contribution in [2.45, 2.75) is 51.6 Å². The van der Waals surface area contributed by atoms with Crippen LogP contribution in [0.4, 0.5) is 4.79 Å². The average Bonchev–Trinajstić information content (AvgIpc) is 3.12. The van der Waals surface area contributed by atoms with Gasteiger partial charge in [-0.2, -0.15) is 0 Å². The summed E-state index contributed by atoms with van der Waals surface area (Å²) in [5.74, 6) is 0.553. The second-order valence-corrected chi connectivity index (χ2v) is 5.63. The number of carbonyl (C=O) groups is 2. The summed E-state index contributed by atoms with van der Waals surface area (Å²) in [6.07, 6.45) is 4.32. The molecule has 1 atom stereocenters. The maximum absolute atomic E-state index is 11.9. The number of rotatable bonds is 3. The highest BCUT2D eigenvalue weighted by molar-refractivity contribution is 5.96. The van der Waals surface area contributed by atoms with Gasteiger partial charge in [0.1, 0.15) is 0 Å². The van der Waals surface area contributed by atoms with E-state index < -0.39 is 0 Å². The summed E-state index contributed by atoms with van der Waals surface area (Å²) in [4.78, 5) is 25.6. The lowest BCUT2D eigenvalue weighted by Gasteiger charge is -2.33. The van der Waals surface area contributed by atoms with E-state index >= 15 is 0 Å². The molecule has 102 valence electrons. The van der Waals surface area contributed by atoms with E-state index in [1.807, 2.05) is 6.92 Å². The van der Waals surface area contributed by atoms with Gasteiger partial charge >= 0.3 is 6.03 Å². The standard InChI is InChI=1S/C13H23N3O2/c1-9-5-7-16(8-6-9)10(2)12(17)15-13(18)14-11-3-4-11/h9-11H,3-8H2,1-2H3,(H2,14,15,17,18). The Morgan fingerprint density at radius 2 is 1.78 bits per heavy atom. The van der Waals surface area contributed by atoms with Gasteiger partial charge < -0.3 is 5.32 Å². The number of nitrogens with one attached hydrogen (secondary N) is 2. The van der Waals surface area contributed by atoms with Gasteiger partial charge in [0, 0.05) is 6.04 Å². The van der Waals surface area contributed by atoms with Crippen LogP contribution >= 0.6 is 0 Å². The van der Waals surface area contributed by atoms with Crippen LogP contribution in [0.1, 0.15) is 39.5 Å². The number of hydrogen-bond donors (Lipinski definition) is 2. The van der Waals surface area contributed by atoms with Crippen LogP contribution in [0.5, 0.6) is 0 Å². The van der Waals surface area contributed by atoms with Crippen molar-refractivity contribution in [2.24, 2.45) is 5.92 Å². The van der Waals surface area contributed by atoms with Crippen LogP contribution in [0.3, 0.4) is 0 Å². The van der Waals surface area contributed by atoms with E-state index in [-0.39, 0.29) is 24.0 Å². The summed E-state index contributed by atoms with van der Waals surface area (Å²) < 4.78 is 0. The van der Waals surface area contributed by atoms with Crippen molar-refractivity contribution in [1.82, 2.24) is 15.5 Å². The maximum atomic E-state index is 11.9. The molecule has 1 saturated carbocycles. The lowest BCUT2D eigenvalue weighted by Crippen LogP contribution is -2.51. The minimum Gasteiger partial charge on any atom is -0.335 e. The van der Waals surface area contributed by atoms with Gasteiger partial charge in [0.25, 0.3) is 0 Å². The highest BCUT2D eigenvalue weighted by Gasteiger charge is 2.28. The number of hydrogen-bond acceptors (Lipinski definition) is 3. The highest BCUT2D eigenvalue weighted by Crippen LogP contribution is 2.19. The summed E-state index contributed by atoms with van der Waals surface area (Å²) in [6, 6.07) is -0.286. The van der Waals surface area contributed by atoms with Gasteiger partial charge in [0.2, 0.25) is 5.91 Å². The molecule has 5 nitrogen and oxygen atoms in total. The monoisotopic (exact) mass is 253 g/mol. The molecular weight excluding hydrogens is 230 g/mol. The van der Waals surface area contributed by atoms with Gasteiger partial charge in [-0.3, -0.25) is 15.0 Å². The van der Waals surface area contributed by atoms with E-state index in [1.165, 1.54) is 0 Å². The predicted molar refractivity (Wildman–Crippen MR) is 69.1 cm³/mol. The number of nitrogens with zero attached hydrogens (tertiary/aromatic N) is 1. The largest absolute Gasteiger partial charge is 0.335 e. The fourth-order valence-corrected chi connectivity index (χ4v) is 2.25. The second kappa shape index (κ2) is 5.69. The first-order valence-electron chi connectivity index (χ1n) is 6.91. The third kappa shape index (κ3) is 3.70. The second-order valence-electron chi connectivity index (χ2n) is 5.63. The number of amides is 3. The molecule has 0 spiro atoms. The lowest BCUT2D eigenvalue weighted by molar-refractivity contribution is -0.125. The molecule has 0 radical (unpaired) electrons. The molecule has 1 saturated heterocycles. The van der Waals surface area contributed by atoms with Gasteiger partial charge in [0.15, 0.2) is 0 Å². The van der Waals surface area contributed by atoms with Crippen molar-refractivity contribution >= 4 is 11.9 Å². The molecule has 2 rings (SSSR count). The van der Waals surface area contributed by atoms with Gasteiger partial charge in [-0.05, 0) is 51.6 Å². The van der Waals surface area contributed by atoms with E-state index in [2.05, 4.69) is 22.5 Å². The molecule has 1 aliphatic carbocycles. The number of urea groups is 1. The maximum Gasteiger partial charge on any atom is 0.321 e. The summed E-state index contributed by atoms with van der Waals surface area (Å²) in [5, 5.41) is 5.19. The van der Waals surface area contributed by atoms with E-state index in [9.17, 15) is 9.59 Å². The van der Waals surface area contributed by atoms with Crippen molar-refractivity contribution in [1.29, 1.82) is 0 Å². The number of piperidine rings is 1. The quantitative estimate of drug-likeness (QED) is 0.791. The molecule has 2 fully saturated rings. The molecule has 0 bridgehead atoms. The minimum atomic E-state index is -0.347. The van der Waals surface area contributed by atoms with Crippen LogP contribution in [0.2, 0.25) is 0 Å². The molecule has 1 aliphatic heterocycles. The Balaban J connectivity index is 1.74. The van der Waals surface area contributed by atoms with Crippen LogP contribution in [-0.4, -0.2) is 42.0 Å². The first-order valence-corrected chi connectivity index (χ1v) is 6.91. The SMILES string of the molecule is CC1CCN(C(C)C(=O)NC(=O)NC2CC2)CC1. The molecule has 2 N–H and O–H groups in total. The van der Waals surface area contributed by atoms with Crippen LogP contribution < -0.4 is 10.6 Å². The highest BCUT2D eigenvalue weighted by atomic mass is 16.2. The normalized spacial score (nSPS) is 23.4. The first-order chi connectivity index (χ1) is 8.56. The summed E-state index contributed by atoms with van der Waals surface area (Å²) in [6.45, 7) is 6.00. The molecule has 0 aromatic carbocycles. The van der Waals surface area contributed by atoms with E-state index in [4.69, 9.17) is 0 Å². The molecule has 0 aromatic heterocycles. The zero-order valence-electron chi connectivity index (χ0n) is 11.2. The average molecular weight is 253 g/mol. The fourth-order valence-electron chi connectivity index (χ4n) is 2.25. The molecule has 0 aromatic rings. The third-order valence-electron chi connectivity index (χ3n) is 3.89. The Labute approximate surface area is 108 Å². The van der Waals surface area contributed by atoms with Crippen molar-refractivity contribution in [2.75, 3.05) is 13.1 Å². The Morgan fingerprint density at radius 3 is 2.33 bits per heavy atom. The number of carbonyl (C=O) groups excluding carboxylic acids is 2. The zero-order valence-corrected chi connectivity index (χ0v) is 11.2. The van der Waals surface area contributed by atoms with Crippen LogP contribution in [-0.2, 0) is 4.79 Å². The smallest absolute Gasteiger partial charge is 0.321 e. The predicted octanol–water partition coefficient (Wildman–Crippen LogP) is 1.09. The minimum absolute atomic E-state index is 0.192. The van der Waals surface area contributed by atoms with Crippen molar-refractivity contribution in [3.63, 3.8) is 0 Å².